The van der Waals surface area contributed by atoms with Crippen LogP contribution < -0.4 is 5.32 Å². The van der Waals surface area contributed by atoms with Gasteiger partial charge in [-0.2, -0.15) is 0 Å². The molecule has 0 aromatic carbocycles. The molecular formula is C9H20N2OS. The van der Waals surface area contributed by atoms with Gasteiger partial charge in [0.1, 0.15) is 0 Å². The maximum absolute atomic E-state index is 11.2. The average Bonchev–Trinajstić information content (AvgIpc) is 2.02. The summed E-state index contributed by atoms with van der Waals surface area (Å²) >= 11 is 1.69. The molecule has 3 nitrogen and oxygen atoms in total. The summed E-state index contributed by atoms with van der Waals surface area (Å²) in [6, 6.07) is 0.255. The first kappa shape index (κ1) is 12.8. The first-order valence-electron chi connectivity index (χ1n) is 4.61. The zero-order valence-corrected chi connectivity index (χ0v) is 9.78. The molecule has 0 aliphatic heterocycles. The van der Waals surface area contributed by atoms with Gasteiger partial charge in [-0.05, 0) is 33.6 Å². The summed E-state index contributed by atoms with van der Waals surface area (Å²) in [6.07, 6.45) is 3.59. The predicted octanol–water partition coefficient (Wildman–Crippen LogP) is 1.50. The number of amides is 1. The molecule has 0 aliphatic carbocycles. The van der Waals surface area contributed by atoms with Crippen molar-refractivity contribution in [2.45, 2.75) is 32.7 Å². The first-order chi connectivity index (χ1) is 6.06. The number of carbonyl (C=O) groups is 1. The van der Waals surface area contributed by atoms with Crippen LogP contribution in [-0.2, 0) is 4.79 Å². The largest absolute Gasteiger partial charge is 0.354 e. The number of carbonyl (C=O) groups excluding carboxylic acids is 1. The molecule has 0 atom stereocenters. The fourth-order valence-electron chi connectivity index (χ4n) is 0.948. The maximum atomic E-state index is 11.2. The topological polar surface area (TPSA) is 32.3 Å². The summed E-state index contributed by atoms with van der Waals surface area (Å²) in [5.41, 5.74) is 0. The molecule has 0 rings (SSSR count). The molecule has 13 heavy (non-hydrogen) atoms. The smallest absolute Gasteiger partial charge is 0.220 e. The van der Waals surface area contributed by atoms with Crippen molar-refractivity contribution in [3.05, 3.63) is 0 Å². The second kappa shape index (κ2) is 7.21. The molecular weight excluding hydrogens is 184 g/mol. The summed E-state index contributed by atoms with van der Waals surface area (Å²) in [7, 11) is 2.03. The Balaban J connectivity index is 3.37. The Kier molecular flexibility index (Phi) is 7.09. The molecule has 78 valence electrons. The van der Waals surface area contributed by atoms with Crippen molar-refractivity contribution in [3.8, 4) is 0 Å². The highest BCUT2D eigenvalue weighted by Gasteiger charge is 2.03. The Hall–Kier alpha value is -0.220. The Labute approximate surface area is 85.4 Å². The fourth-order valence-corrected chi connectivity index (χ4v) is 1.26. The summed E-state index contributed by atoms with van der Waals surface area (Å²) in [5.74, 6) is 0.157. The van der Waals surface area contributed by atoms with Gasteiger partial charge in [0.2, 0.25) is 5.91 Å². The second-order valence-corrected chi connectivity index (χ2v) is 4.35. The second-order valence-electron chi connectivity index (χ2n) is 3.36. The number of rotatable bonds is 6. The Morgan fingerprint density at radius 1 is 1.54 bits per heavy atom. The lowest BCUT2D eigenvalue weighted by atomic mass is 10.3. The lowest BCUT2D eigenvalue weighted by Gasteiger charge is -2.12. The molecule has 0 bridgehead atoms. The molecule has 0 radical (unpaired) electrons. The van der Waals surface area contributed by atoms with Crippen molar-refractivity contribution >= 4 is 17.9 Å². The number of nitrogens with one attached hydrogen (secondary N) is 1. The number of hydrogen-bond acceptors (Lipinski definition) is 3. The summed E-state index contributed by atoms with van der Waals surface area (Å²) < 4.78 is 2.13. The third-order valence-corrected chi connectivity index (χ3v) is 2.44. The Morgan fingerprint density at radius 2 is 2.15 bits per heavy atom. The van der Waals surface area contributed by atoms with Crippen molar-refractivity contribution in [1.82, 2.24) is 9.62 Å². The van der Waals surface area contributed by atoms with E-state index in [-0.39, 0.29) is 11.9 Å². The fraction of sp³-hybridized carbons (Fsp3) is 0.889. The van der Waals surface area contributed by atoms with E-state index >= 15 is 0 Å². The Morgan fingerprint density at radius 3 is 2.62 bits per heavy atom. The standard InChI is InChI=1S/C9H20N2OS/c1-8(2)10-9(12)6-5-7-11(3)13-4/h8H,5-7H2,1-4H3,(H,10,12). The molecule has 1 N–H and O–H groups in total. The van der Waals surface area contributed by atoms with Crippen LogP contribution in [0.25, 0.3) is 0 Å². The van der Waals surface area contributed by atoms with Crippen LogP contribution in [0.3, 0.4) is 0 Å². The van der Waals surface area contributed by atoms with E-state index < -0.39 is 0 Å². The van der Waals surface area contributed by atoms with Crippen molar-refractivity contribution < 1.29 is 4.79 Å². The van der Waals surface area contributed by atoms with Crippen molar-refractivity contribution in [3.63, 3.8) is 0 Å². The summed E-state index contributed by atoms with van der Waals surface area (Å²) in [5, 5.41) is 2.87. The lowest BCUT2D eigenvalue weighted by molar-refractivity contribution is -0.121. The van der Waals surface area contributed by atoms with Gasteiger partial charge in [-0.25, -0.2) is 0 Å². The van der Waals surface area contributed by atoms with Crippen LogP contribution in [0.4, 0.5) is 0 Å². The normalized spacial score (nSPS) is 10.9. The van der Waals surface area contributed by atoms with Crippen LogP contribution in [0, 0.1) is 0 Å². The van der Waals surface area contributed by atoms with Crippen molar-refractivity contribution in [2.24, 2.45) is 0 Å². The Bertz CT molecular complexity index is 151. The molecule has 0 fully saturated rings. The lowest BCUT2D eigenvalue weighted by Crippen LogP contribution is -2.30. The van der Waals surface area contributed by atoms with Crippen LogP contribution in [0.2, 0.25) is 0 Å². The van der Waals surface area contributed by atoms with E-state index in [1.165, 1.54) is 0 Å². The molecule has 0 unspecified atom stereocenters. The van der Waals surface area contributed by atoms with Crippen LogP contribution in [0.5, 0.6) is 0 Å². The molecule has 0 aliphatic rings. The first-order valence-corrected chi connectivity index (χ1v) is 5.79. The van der Waals surface area contributed by atoms with Crippen LogP contribution in [-0.4, -0.2) is 36.1 Å². The van der Waals surface area contributed by atoms with Gasteiger partial charge >= 0.3 is 0 Å². The van der Waals surface area contributed by atoms with Crippen LogP contribution in [0.1, 0.15) is 26.7 Å². The molecule has 0 saturated carbocycles. The molecule has 1 amide bonds. The van der Waals surface area contributed by atoms with Crippen molar-refractivity contribution in [1.29, 1.82) is 0 Å². The van der Waals surface area contributed by atoms with Gasteiger partial charge in [0.05, 0.1) is 0 Å². The van der Waals surface area contributed by atoms with E-state index in [9.17, 15) is 4.79 Å². The van der Waals surface area contributed by atoms with E-state index in [0.717, 1.165) is 13.0 Å². The minimum Gasteiger partial charge on any atom is -0.354 e. The molecule has 0 heterocycles. The monoisotopic (exact) mass is 204 g/mol. The van der Waals surface area contributed by atoms with Crippen LogP contribution in [0.15, 0.2) is 0 Å². The zero-order valence-electron chi connectivity index (χ0n) is 8.96. The van der Waals surface area contributed by atoms with Crippen LogP contribution >= 0.6 is 11.9 Å². The number of hydrogen-bond donors (Lipinski definition) is 1. The van der Waals surface area contributed by atoms with E-state index in [4.69, 9.17) is 0 Å². The third-order valence-electron chi connectivity index (χ3n) is 1.64. The summed E-state index contributed by atoms with van der Waals surface area (Å²) in [6.45, 7) is 4.92. The average molecular weight is 204 g/mol. The highest BCUT2D eigenvalue weighted by Crippen LogP contribution is 2.02. The predicted molar refractivity (Wildman–Crippen MR) is 58.7 cm³/mol. The maximum Gasteiger partial charge on any atom is 0.220 e. The van der Waals surface area contributed by atoms with E-state index in [2.05, 4.69) is 9.62 Å². The molecule has 0 aromatic heterocycles. The quantitative estimate of drug-likeness (QED) is 0.666. The SMILES string of the molecule is CSN(C)CCCC(=O)NC(C)C. The van der Waals surface area contributed by atoms with Gasteiger partial charge in [-0.1, -0.05) is 11.9 Å². The van der Waals surface area contributed by atoms with Gasteiger partial charge in [-0.3, -0.25) is 9.10 Å². The van der Waals surface area contributed by atoms with Gasteiger partial charge in [-0.15, -0.1) is 0 Å². The van der Waals surface area contributed by atoms with Gasteiger partial charge in [0.25, 0.3) is 0 Å². The minimum absolute atomic E-state index is 0.157. The highest BCUT2D eigenvalue weighted by molar-refractivity contribution is 7.96. The van der Waals surface area contributed by atoms with E-state index in [1.54, 1.807) is 11.9 Å². The highest BCUT2D eigenvalue weighted by atomic mass is 32.2. The number of nitrogens with zero attached hydrogens (tertiary/aromatic N) is 1. The summed E-state index contributed by atoms with van der Waals surface area (Å²) in [4.78, 5) is 11.2. The van der Waals surface area contributed by atoms with Gasteiger partial charge in [0.15, 0.2) is 0 Å². The molecule has 4 heteroatoms. The molecule has 0 aromatic rings. The van der Waals surface area contributed by atoms with E-state index in [0.29, 0.717) is 6.42 Å². The van der Waals surface area contributed by atoms with E-state index in [1.807, 2.05) is 27.2 Å². The van der Waals surface area contributed by atoms with Gasteiger partial charge < -0.3 is 5.32 Å². The molecule has 0 saturated heterocycles. The third kappa shape index (κ3) is 8.12. The van der Waals surface area contributed by atoms with Crippen molar-refractivity contribution in [2.75, 3.05) is 19.8 Å². The minimum atomic E-state index is 0.157. The molecule has 0 spiro atoms. The zero-order chi connectivity index (χ0) is 10.3. The van der Waals surface area contributed by atoms with Gasteiger partial charge in [0, 0.05) is 19.0 Å².